The number of rotatable bonds is 7. The van der Waals surface area contributed by atoms with Crippen molar-refractivity contribution >= 4 is 16.0 Å². The van der Waals surface area contributed by atoms with Crippen LogP contribution in [0.5, 0.6) is 0 Å². The Labute approximate surface area is 146 Å². The average Bonchev–Trinajstić information content (AvgIpc) is 3.02. The average molecular weight is 367 g/mol. The summed E-state index contributed by atoms with van der Waals surface area (Å²) in [5.74, 6) is 0.0766. The second-order valence-corrected chi connectivity index (χ2v) is 7.98. The first-order valence-electron chi connectivity index (χ1n) is 7.71. The molecule has 0 amide bonds. The minimum absolute atomic E-state index is 0.0963. The molecule has 0 N–H and O–H groups in total. The lowest BCUT2D eigenvalue weighted by atomic mass is 10.2. The molecule has 25 heavy (non-hydrogen) atoms. The van der Waals surface area contributed by atoms with E-state index in [0.717, 1.165) is 9.87 Å². The summed E-state index contributed by atoms with van der Waals surface area (Å²) in [4.78, 5) is 16.1. The zero-order valence-electron chi connectivity index (χ0n) is 14.6. The molecule has 1 aromatic heterocycles. The lowest BCUT2D eigenvalue weighted by Crippen LogP contribution is -2.33. The number of esters is 1. The maximum atomic E-state index is 12.4. The van der Waals surface area contributed by atoms with Gasteiger partial charge in [-0.3, -0.25) is 4.79 Å². The van der Waals surface area contributed by atoms with Crippen LogP contribution in [0.1, 0.15) is 37.0 Å². The maximum Gasteiger partial charge on any atom is 0.321 e. The number of aromatic nitrogens is 2. The van der Waals surface area contributed by atoms with E-state index in [-0.39, 0.29) is 23.3 Å². The predicted octanol–water partition coefficient (Wildman–Crippen LogP) is 1.87. The first-order chi connectivity index (χ1) is 11.7. The van der Waals surface area contributed by atoms with Gasteiger partial charge in [0.05, 0.1) is 4.90 Å². The molecular formula is C16H21N3O5S. The van der Waals surface area contributed by atoms with Gasteiger partial charge in [0.1, 0.15) is 6.54 Å². The molecule has 0 spiro atoms. The van der Waals surface area contributed by atoms with E-state index in [1.807, 2.05) is 20.8 Å². The highest BCUT2D eigenvalue weighted by molar-refractivity contribution is 7.89. The Hall–Kier alpha value is -2.26. The number of likely N-dealkylation sites (N-methyl/N-ethyl adjacent to an activating group) is 1. The van der Waals surface area contributed by atoms with Crippen molar-refractivity contribution in [2.24, 2.45) is 0 Å². The van der Waals surface area contributed by atoms with E-state index in [9.17, 15) is 13.2 Å². The molecule has 9 heteroatoms. The first-order valence-corrected chi connectivity index (χ1v) is 9.15. The molecule has 136 valence electrons. The molecule has 8 nitrogen and oxygen atoms in total. The van der Waals surface area contributed by atoms with E-state index in [1.165, 1.54) is 19.2 Å². The quantitative estimate of drug-likeness (QED) is 0.688. The van der Waals surface area contributed by atoms with Gasteiger partial charge in [-0.2, -0.15) is 9.29 Å². The molecule has 0 aliphatic rings. The molecule has 0 saturated heterocycles. The number of benzene rings is 1. The first kappa shape index (κ1) is 19.1. The summed E-state index contributed by atoms with van der Waals surface area (Å²) in [5.41, 5.74) is 0.946. The van der Waals surface area contributed by atoms with Crippen molar-refractivity contribution < 1.29 is 22.5 Å². The third kappa shape index (κ3) is 4.86. The van der Waals surface area contributed by atoms with Crippen LogP contribution in [0, 0.1) is 6.92 Å². The van der Waals surface area contributed by atoms with Crippen LogP contribution in [0.25, 0.3) is 0 Å². The van der Waals surface area contributed by atoms with Crippen LogP contribution in [0.2, 0.25) is 0 Å². The van der Waals surface area contributed by atoms with Gasteiger partial charge in [-0.05, 0) is 19.1 Å². The molecule has 1 heterocycles. The molecular weight excluding hydrogens is 346 g/mol. The Kier molecular flexibility index (Phi) is 5.91. The Morgan fingerprint density at radius 3 is 2.48 bits per heavy atom. The summed E-state index contributed by atoms with van der Waals surface area (Å²) in [6.07, 6.45) is 0. The largest absolute Gasteiger partial charge is 0.455 e. The number of nitrogens with zero attached hydrogens (tertiary/aromatic N) is 3. The molecule has 0 bridgehead atoms. The summed E-state index contributed by atoms with van der Waals surface area (Å²) in [7, 11) is -2.44. The fourth-order valence-corrected chi connectivity index (χ4v) is 3.02. The number of aryl methyl sites for hydroxylation is 1. The van der Waals surface area contributed by atoms with Gasteiger partial charge >= 0.3 is 5.97 Å². The van der Waals surface area contributed by atoms with Crippen LogP contribution in [-0.2, 0) is 26.2 Å². The second-order valence-electron chi connectivity index (χ2n) is 5.94. The third-order valence-electron chi connectivity index (χ3n) is 3.44. The van der Waals surface area contributed by atoms with Crippen molar-refractivity contribution in [3.63, 3.8) is 0 Å². The van der Waals surface area contributed by atoms with Crippen molar-refractivity contribution in [1.82, 2.24) is 14.4 Å². The van der Waals surface area contributed by atoms with E-state index in [1.54, 1.807) is 12.1 Å². The van der Waals surface area contributed by atoms with Crippen LogP contribution in [0.3, 0.4) is 0 Å². The molecule has 0 radical (unpaired) electrons. The minimum atomic E-state index is -3.76. The summed E-state index contributed by atoms with van der Waals surface area (Å²) >= 11 is 0. The van der Waals surface area contributed by atoms with Crippen molar-refractivity contribution in [3.8, 4) is 0 Å². The monoisotopic (exact) mass is 367 g/mol. The van der Waals surface area contributed by atoms with E-state index in [2.05, 4.69) is 10.1 Å². The topological polar surface area (TPSA) is 103 Å². The molecule has 0 fully saturated rings. The van der Waals surface area contributed by atoms with Crippen molar-refractivity contribution in [2.45, 2.75) is 38.2 Å². The molecule has 2 aromatic rings. The van der Waals surface area contributed by atoms with Gasteiger partial charge < -0.3 is 9.26 Å². The lowest BCUT2D eigenvalue weighted by molar-refractivity contribution is -0.145. The van der Waals surface area contributed by atoms with Gasteiger partial charge in [-0.1, -0.05) is 36.7 Å². The normalized spacial score (nSPS) is 11.9. The third-order valence-corrected chi connectivity index (χ3v) is 5.26. The van der Waals surface area contributed by atoms with E-state index < -0.39 is 22.5 Å². The van der Waals surface area contributed by atoms with Gasteiger partial charge in [-0.25, -0.2) is 8.42 Å². The van der Waals surface area contributed by atoms with Gasteiger partial charge in [0.15, 0.2) is 12.4 Å². The Morgan fingerprint density at radius 1 is 1.28 bits per heavy atom. The molecule has 0 aliphatic heterocycles. The van der Waals surface area contributed by atoms with E-state index in [4.69, 9.17) is 9.26 Å². The highest BCUT2D eigenvalue weighted by atomic mass is 32.2. The number of carbonyl (C=O) groups is 1. The molecule has 0 saturated carbocycles. The number of ether oxygens (including phenoxy) is 1. The second kappa shape index (κ2) is 7.75. The van der Waals surface area contributed by atoms with Crippen molar-refractivity contribution in [1.29, 1.82) is 0 Å². The molecule has 0 atom stereocenters. The van der Waals surface area contributed by atoms with Crippen LogP contribution in [0.15, 0.2) is 33.7 Å². The number of hydrogen-bond donors (Lipinski definition) is 0. The number of carbonyl (C=O) groups excluding carboxylic acids is 1. The van der Waals surface area contributed by atoms with Gasteiger partial charge in [0.2, 0.25) is 10.0 Å². The van der Waals surface area contributed by atoms with E-state index >= 15 is 0 Å². The van der Waals surface area contributed by atoms with Crippen LogP contribution < -0.4 is 0 Å². The molecule has 2 rings (SSSR count). The summed E-state index contributed by atoms with van der Waals surface area (Å²) in [6, 6.07) is 6.39. The summed E-state index contributed by atoms with van der Waals surface area (Å²) < 4.78 is 35.7. The number of hydrogen-bond acceptors (Lipinski definition) is 7. The zero-order chi connectivity index (χ0) is 18.6. The number of sulfonamides is 1. The van der Waals surface area contributed by atoms with Crippen LogP contribution in [-0.4, -0.2) is 42.4 Å². The zero-order valence-corrected chi connectivity index (χ0v) is 15.4. The highest BCUT2D eigenvalue weighted by Gasteiger charge is 2.23. The minimum Gasteiger partial charge on any atom is -0.455 e. The summed E-state index contributed by atoms with van der Waals surface area (Å²) in [6.45, 7) is 5.06. The lowest BCUT2D eigenvalue weighted by Gasteiger charge is -2.16. The SMILES string of the molecule is Cc1ccc(S(=O)(=O)N(C)CC(=O)OCc2nc(C(C)C)no2)cc1. The van der Waals surface area contributed by atoms with Crippen molar-refractivity contribution in [2.75, 3.05) is 13.6 Å². The fraction of sp³-hybridized carbons (Fsp3) is 0.438. The van der Waals surface area contributed by atoms with Crippen LogP contribution in [0.4, 0.5) is 0 Å². The van der Waals surface area contributed by atoms with Gasteiger partial charge in [0, 0.05) is 13.0 Å². The van der Waals surface area contributed by atoms with Gasteiger partial charge in [-0.15, -0.1) is 0 Å². The van der Waals surface area contributed by atoms with E-state index in [0.29, 0.717) is 5.82 Å². The molecule has 0 unspecified atom stereocenters. The van der Waals surface area contributed by atoms with Crippen LogP contribution >= 0.6 is 0 Å². The van der Waals surface area contributed by atoms with Crippen molar-refractivity contribution in [3.05, 3.63) is 41.5 Å². The fourth-order valence-electron chi connectivity index (χ4n) is 1.91. The Balaban J connectivity index is 1.93. The van der Waals surface area contributed by atoms with Gasteiger partial charge in [0.25, 0.3) is 5.89 Å². The Bertz CT molecular complexity index is 828. The Morgan fingerprint density at radius 2 is 1.92 bits per heavy atom. The maximum absolute atomic E-state index is 12.4. The standard InChI is InChI=1S/C16H21N3O5S/c1-11(2)16-17-14(24-18-16)10-23-15(20)9-19(4)25(21,22)13-7-5-12(3)6-8-13/h5-8,11H,9-10H2,1-4H3. The highest BCUT2D eigenvalue weighted by Crippen LogP contribution is 2.15. The smallest absolute Gasteiger partial charge is 0.321 e. The summed E-state index contributed by atoms with van der Waals surface area (Å²) in [5, 5.41) is 3.76. The predicted molar refractivity (Wildman–Crippen MR) is 89.2 cm³/mol. The molecule has 1 aromatic carbocycles. The molecule has 0 aliphatic carbocycles.